The van der Waals surface area contributed by atoms with Crippen molar-refractivity contribution in [2.24, 2.45) is 5.92 Å². The lowest BCUT2D eigenvalue weighted by molar-refractivity contribution is -0.127. The van der Waals surface area contributed by atoms with Crippen LogP contribution < -0.4 is 0 Å². The maximum atomic E-state index is 14.0. The zero-order chi connectivity index (χ0) is 15.6. The fourth-order valence-electron chi connectivity index (χ4n) is 3.06. The van der Waals surface area contributed by atoms with Crippen LogP contribution in [0.2, 0.25) is 0 Å². The van der Waals surface area contributed by atoms with Gasteiger partial charge in [0.25, 0.3) is 0 Å². The van der Waals surface area contributed by atoms with Gasteiger partial charge in [0.2, 0.25) is 0 Å². The summed E-state index contributed by atoms with van der Waals surface area (Å²) < 4.78 is 33.6. The summed E-state index contributed by atoms with van der Waals surface area (Å²) in [6.45, 7) is 2.17. The van der Waals surface area contributed by atoms with Crippen LogP contribution >= 0.6 is 15.9 Å². The highest BCUT2D eigenvalue weighted by atomic mass is 79.9. The van der Waals surface area contributed by atoms with Crippen LogP contribution in [0.25, 0.3) is 0 Å². The minimum absolute atomic E-state index is 0.0840. The van der Waals surface area contributed by atoms with Crippen molar-refractivity contribution in [3.8, 4) is 0 Å². The van der Waals surface area contributed by atoms with E-state index in [0.29, 0.717) is 18.8 Å². The summed E-state index contributed by atoms with van der Waals surface area (Å²) in [6.07, 6.45) is 2.32. The first kappa shape index (κ1) is 16.8. The first-order valence-electron chi connectivity index (χ1n) is 7.25. The number of ether oxygens (including phenoxy) is 1. The van der Waals surface area contributed by atoms with E-state index < -0.39 is 23.3 Å². The van der Waals surface area contributed by atoms with E-state index in [1.54, 1.807) is 7.11 Å². The van der Waals surface area contributed by atoms with Crippen LogP contribution in [-0.2, 0) is 11.2 Å². The maximum Gasteiger partial charge on any atom is 0.143 e. The van der Waals surface area contributed by atoms with Crippen LogP contribution in [-0.4, -0.2) is 23.9 Å². The zero-order valence-electron chi connectivity index (χ0n) is 12.3. The highest BCUT2D eigenvalue weighted by Crippen LogP contribution is 2.38. The summed E-state index contributed by atoms with van der Waals surface area (Å²) in [5.74, 6) is -0.686. The molecule has 0 heterocycles. The van der Waals surface area contributed by atoms with Crippen molar-refractivity contribution in [1.82, 2.24) is 0 Å². The molecule has 0 bridgehead atoms. The Morgan fingerprint density at radius 1 is 1.38 bits per heavy atom. The van der Waals surface area contributed by atoms with Crippen molar-refractivity contribution >= 4 is 15.9 Å². The maximum absolute atomic E-state index is 14.0. The summed E-state index contributed by atoms with van der Waals surface area (Å²) in [6, 6.07) is 2.53. The second-order valence-corrected chi connectivity index (χ2v) is 6.85. The van der Waals surface area contributed by atoms with Crippen LogP contribution in [0.1, 0.15) is 38.2 Å². The summed E-state index contributed by atoms with van der Waals surface area (Å²) in [5.41, 5.74) is -0.791. The summed E-state index contributed by atoms with van der Waals surface area (Å²) in [7, 11) is 1.56. The molecule has 1 atom stereocenters. The molecule has 1 aromatic carbocycles. The van der Waals surface area contributed by atoms with Gasteiger partial charge in [-0.15, -0.1) is 0 Å². The van der Waals surface area contributed by atoms with Crippen molar-refractivity contribution in [2.75, 3.05) is 7.11 Å². The Morgan fingerprint density at radius 2 is 2.00 bits per heavy atom. The van der Waals surface area contributed by atoms with E-state index in [2.05, 4.69) is 22.9 Å². The minimum Gasteiger partial charge on any atom is -0.390 e. The molecule has 0 spiro atoms. The molecule has 1 fully saturated rings. The summed E-state index contributed by atoms with van der Waals surface area (Å²) in [4.78, 5) is 0. The Balaban J connectivity index is 2.20. The highest BCUT2D eigenvalue weighted by molar-refractivity contribution is 9.10. The molecule has 0 amide bonds. The molecule has 1 aliphatic rings. The van der Waals surface area contributed by atoms with E-state index in [0.717, 1.165) is 12.8 Å². The molecular formula is C16H21BrF2O2. The Kier molecular flexibility index (Phi) is 5.38. The van der Waals surface area contributed by atoms with Gasteiger partial charge in [-0.3, -0.25) is 0 Å². The Bertz CT molecular complexity index is 499. The number of methoxy groups -OCH3 is 1. The van der Waals surface area contributed by atoms with E-state index in [-0.39, 0.29) is 16.5 Å². The fourth-order valence-corrected chi connectivity index (χ4v) is 3.43. The number of rotatable bonds is 4. The summed E-state index contributed by atoms with van der Waals surface area (Å²) in [5, 5.41) is 10.5. The van der Waals surface area contributed by atoms with Gasteiger partial charge in [-0.25, -0.2) is 8.78 Å². The van der Waals surface area contributed by atoms with Crippen LogP contribution in [0, 0.1) is 17.6 Å². The van der Waals surface area contributed by atoms with Crippen molar-refractivity contribution < 1.29 is 18.6 Å². The monoisotopic (exact) mass is 362 g/mol. The number of benzene rings is 1. The number of hydrogen-bond acceptors (Lipinski definition) is 2. The van der Waals surface area contributed by atoms with Crippen LogP contribution in [0.15, 0.2) is 16.6 Å². The molecule has 1 saturated carbocycles. The lowest BCUT2D eigenvalue weighted by Gasteiger charge is -2.41. The largest absolute Gasteiger partial charge is 0.390 e. The highest BCUT2D eigenvalue weighted by Gasteiger charge is 2.41. The second kappa shape index (κ2) is 6.71. The van der Waals surface area contributed by atoms with Gasteiger partial charge in [0, 0.05) is 19.1 Å². The quantitative estimate of drug-likeness (QED) is 0.812. The normalized spacial score (nSPS) is 27.6. The standard InChI is InChI=1S/C16H21BrF2O2/c1-10-5-7-16(21-2,8-6-10)14(20)9-11-13(18)4-3-12(17)15(11)19/h3-4,10,14,20H,5-9H2,1-2H3. The lowest BCUT2D eigenvalue weighted by atomic mass is 9.75. The van der Waals surface area contributed by atoms with E-state index in [1.807, 2.05) is 0 Å². The first-order valence-corrected chi connectivity index (χ1v) is 8.04. The molecular weight excluding hydrogens is 342 g/mol. The van der Waals surface area contributed by atoms with Gasteiger partial charge in [0.1, 0.15) is 11.6 Å². The molecule has 0 aliphatic heterocycles. The summed E-state index contributed by atoms with van der Waals surface area (Å²) >= 11 is 3.05. The second-order valence-electron chi connectivity index (χ2n) is 5.99. The average molecular weight is 363 g/mol. The van der Waals surface area contributed by atoms with E-state index in [1.165, 1.54) is 12.1 Å². The molecule has 1 aromatic rings. The van der Waals surface area contributed by atoms with Crippen molar-refractivity contribution in [3.63, 3.8) is 0 Å². The number of hydrogen-bond donors (Lipinski definition) is 1. The topological polar surface area (TPSA) is 29.5 Å². The first-order chi connectivity index (χ1) is 9.89. The molecule has 1 N–H and O–H groups in total. The predicted octanol–water partition coefficient (Wildman–Crippen LogP) is 4.23. The molecule has 1 unspecified atom stereocenters. The lowest BCUT2D eigenvalue weighted by Crippen LogP contribution is -2.48. The number of aliphatic hydroxyl groups is 1. The SMILES string of the molecule is COC1(C(O)Cc2c(F)ccc(Br)c2F)CCC(C)CC1. The Labute approximate surface area is 132 Å². The van der Waals surface area contributed by atoms with Gasteiger partial charge in [0.05, 0.1) is 16.2 Å². The minimum atomic E-state index is -0.923. The molecule has 1 aliphatic carbocycles. The molecule has 0 saturated heterocycles. The van der Waals surface area contributed by atoms with Crippen LogP contribution in [0.4, 0.5) is 8.78 Å². The number of halogens is 3. The van der Waals surface area contributed by atoms with E-state index in [4.69, 9.17) is 4.74 Å². The third-order valence-corrected chi connectivity index (χ3v) is 5.28. The molecule has 0 aromatic heterocycles. The Morgan fingerprint density at radius 3 is 2.57 bits per heavy atom. The fraction of sp³-hybridized carbons (Fsp3) is 0.625. The van der Waals surface area contributed by atoms with Gasteiger partial charge in [0.15, 0.2) is 0 Å². The predicted molar refractivity (Wildman–Crippen MR) is 81.1 cm³/mol. The number of aliphatic hydroxyl groups excluding tert-OH is 1. The molecule has 118 valence electrons. The van der Waals surface area contributed by atoms with Gasteiger partial charge >= 0.3 is 0 Å². The Hall–Kier alpha value is -0.520. The van der Waals surface area contributed by atoms with Gasteiger partial charge in [-0.1, -0.05) is 6.92 Å². The van der Waals surface area contributed by atoms with E-state index in [9.17, 15) is 13.9 Å². The molecule has 21 heavy (non-hydrogen) atoms. The third kappa shape index (κ3) is 3.46. The van der Waals surface area contributed by atoms with Crippen molar-refractivity contribution in [2.45, 2.75) is 50.7 Å². The third-order valence-electron chi connectivity index (χ3n) is 4.67. The molecule has 0 radical (unpaired) electrons. The van der Waals surface area contributed by atoms with Crippen molar-refractivity contribution in [3.05, 3.63) is 33.8 Å². The molecule has 5 heteroatoms. The van der Waals surface area contributed by atoms with Gasteiger partial charge in [-0.05, 0) is 59.7 Å². The van der Waals surface area contributed by atoms with Crippen LogP contribution in [0.5, 0.6) is 0 Å². The molecule has 2 rings (SSSR count). The van der Waals surface area contributed by atoms with Gasteiger partial charge < -0.3 is 9.84 Å². The van der Waals surface area contributed by atoms with Crippen molar-refractivity contribution in [1.29, 1.82) is 0 Å². The average Bonchev–Trinajstić information content (AvgIpc) is 2.48. The van der Waals surface area contributed by atoms with E-state index >= 15 is 0 Å². The van der Waals surface area contributed by atoms with Gasteiger partial charge in [-0.2, -0.15) is 0 Å². The van der Waals surface area contributed by atoms with Crippen LogP contribution in [0.3, 0.4) is 0 Å². The smallest absolute Gasteiger partial charge is 0.143 e. The zero-order valence-corrected chi connectivity index (χ0v) is 13.9. The molecule has 2 nitrogen and oxygen atoms in total.